The fourth-order valence-corrected chi connectivity index (χ4v) is 4.58. The molecule has 5 amide bonds. The Hall–Kier alpha value is -3.81. The van der Waals surface area contributed by atoms with E-state index in [0.29, 0.717) is 44.7 Å². The molecule has 1 aliphatic carbocycles. The molecule has 2 atom stereocenters. The van der Waals surface area contributed by atoms with E-state index in [1.54, 1.807) is 4.90 Å². The van der Waals surface area contributed by atoms with Crippen molar-refractivity contribution in [2.75, 3.05) is 58.7 Å². The molecule has 2 heterocycles. The van der Waals surface area contributed by atoms with Gasteiger partial charge in [-0.15, -0.1) is 0 Å². The molecule has 14 heteroatoms. The lowest BCUT2D eigenvalue weighted by atomic mass is 10.00. The largest absolute Gasteiger partial charge is 0.453 e. The number of amides is 5. The summed E-state index contributed by atoms with van der Waals surface area (Å²) < 4.78 is 33.3. The highest BCUT2D eigenvalue weighted by atomic mass is 19.1. The highest BCUT2D eigenvalue weighted by Gasteiger charge is 2.50. The van der Waals surface area contributed by atoms with Crippen molar-refractivity contribution in [3.05, 3.63) is 29.6 Å². The molecular formula is C26H34F2N6O6. The number of nitrogens with zero attached hydrogens (tertiary/aromatic N) is 3. The van der Waals surface area contributed by atoms with Gasteiger partial charge in [0.05, 0.1) is 19.3 Å². The zero-order valence-corrected chi connectivity index (χ0v) is 22.5. The second-order valence-corrected chi connectivity index (χ2v) is 10.4. The Bertz CT molecular complexity index is 1170. The lowest BCUT2D eigenvalue weighted by Gasteiger charge is -2.39. The Balaban J connectivity index is 1.41. The summed E-state index contributed by atoms with van der Waals surface area (Å²) in [6.07, 6.45) is -0.0170. The second-order valence-electron chi connectivity index (χ2n) is 10.4. The highest BCUT2D eigenvalue weighted by molar-refractivity contribution is 5.97. The number of benzene rings is 1. The Labute approximate surface area is 230 Å². The molecule has 1 aromatic rings. The number of carbonyl (C=O) groups is 5. The fourth-order valence-electron chi connectivity index (χ4n) is 4.58. The van der Waals surface area contributed by atoms with Gasteiger partial charge in [0, 0.05) is 39.1 Å². The molecule has 218 valence electrons. The standard InChI is InChI=1S/C26H34F2N6O6/c1-32-9-11-33(12-10-32)23(37)19(31-22(36)20-5-8-34(20)25(39)40-2)14-16-3-4-18(17(27)13-16)30-21(35)15-29-24(38)26(28)6-7-26/h3-4,13,19-20H,5-12,14-15H2,1-2H3,(H,29,38)(H,30,35)(H,31,36). The Kier molecular flexibility index (Phi) is 8.86. The van der Waals surface area contributed by atoms with Gasteiger partial charge in [-0.05, 0) is 44.0 Å². The number of methoxy groups -OCH3 is 1. The minimum atomic E-state index is -1.92. The van der Waals surface area contributed by atoms with Gasteiger partial charge < -0.3 is 30.5 Å². The van der Waals surface area contributed by atoms with Crippen LogP contribution in [0, 0.1) is 5.82 Å². The van der Waals surface area contributed by atoms with Crippen LogP contribution in [0.15, 0.2) is 18.2 Å². The van der Waals surface area contributed by atoms with E-state index in [1.165, 1.54) is 24.1 Å². The molecule has 0 bridgehead atoms. The van der Waals surface area contributed by atoms with Crippen molar-refractivity contribution in [2.45, 2.75) is 43.4 Å². The molecule has 4 rings (SSSR count). The third-order valence-electron chi connectivity index (χ3n) is 7.41. The van der Waals surface area contributed by atoms with E-state index < -0.39 is 53.9 Å². The molecule has 2 saturated heterocycles. The number of nitrogens with one attached hydrogen (secondary N) is 3. The molecule has 0 aromatic heterocycles. The Morgan fingerprint density at radius 3 is 2.38 bits per heavy atom. The number of ether oxygens (including phenoxy) is 1. The van der Waals surface area contributed by atoms with E-state index in [4.69, 9.17) is 4.74 Å². The normalized spacial score (nSPS) is 20.6. The summed E-state index contributed by atoms with van der Waals surface area (Å²) in [5.74, 6) is -3.20. The van der Waals surface area contributed by atoms with Crippen molar-refractivity contribution in [1.29, 1.82) is 0 Å². The molecule has 12 nitrogen and oxygen atoms in total. The summed E-state index contributed by atoms with van der Waals surface area (Å²) >= 11 is 0. The SMILES string of the molecule is COC(=O)N1CCC1C(=O)NC(Cc1ccc(NC(=O)CNC(=O)C2(F)CC2)c(F)c1)C(=O)N1CCN(C)CC1. The first-order valence-corrected chi connectivity index (χ1v) is 13.2. The Morgan fingerprint density at radius 1 is 1.10 bits per heavy atom. The minimum Gasteiger partial charge on any atom is -0.453 e. The van der Waals surface area contributed by atoms with Gasteiger partial charge >= 0.3 is 6.09 Å². The van der Waals surface area contributed by atoms with Crippen LogP contribution in [-0.2, 0) is 30.3 Å². The lowest BCUT2D eigenvalue weighted by Crippen LogP contribution is -2.62. The van der Waals surface area contributed by atoms with Gasteiger partial charge in [0.2, 0.25) is 17.7 Å². The van der Waals surface area contributed by atoms with E-state index in [1.807, 2.05) is 7.05 Å². The summed E-state index contributed by atoms with van der Waals surface area (Å²) in [7, 11) is 3.17. The third kappa shape index (κ3) is 6.84. The van der Waals surface area contributed by atoms with Gasteiger partial charge in [-0.1, -0.05) is 6.07 Å². The number of piperazine rings is 1. The highest BCUT2D eigenvalue weighted by Crippen LogP contribution is 2.39. The van der Waals surface area contributed by atoms with Crippen LogP contribution in [0.4, 0.5) is 19.3 Å². The van der Waals surface area contributed by atoms with Gasteiger partial charge in [0.1, 0.15) is 17.9 Å². The average molecular weight is 565 g/mol. The predicted molar refractivity (Wildman–Crippen MR) is 138 cm³/mol. The molecule has 1 saturated carbocycles. The van der Waals surface area contributed by atoms with Gasteiger partial charge in [0.15, 0.2) is 5.67 Å². The number of anilines is 1. The quantitative estimate of drug-likeness (QED) is 0.384. The van der Waals surface area contributed by atoms with Crippen LogP contribution >= 0.6 is 0 Å². The van der Waals surface area contributed by atoms with Crippen molar-refractivity contribution in [3.63, 3.8) is 0 Å². The van der Waals surface area contributed by atoms with Gasteiger partial charge in [0.25, 0.3) is 5.91 Å². The van der Waals surface area contributed by atoms with Gasteiger partial charge in [-0.2, -0.15) is 0 Å². The van der Waals surface area contributed by atoms with Crippen LogP contribution in [-0.4, -0.2) is 116 Å². The number of hydrogen-bond donors (Lipinski definition) is 3. The zero-order chi connectivity index (χ0) is 29.0. The number of halogens is 2. The molecular weight excluding hydrogens is 530 g/mol. The molecule has 3 N–H and O–H groups in total. The molecule has 1 aromatic carbocycles. The number of alkyl halides is 1. The Morgan fingerprint density at radius 2 is 1.80 bits per heavy atom. The van der Waals surface area contributed by atoms with Crippen molar-refractivity contribution in [3.8, 4) is 0 Å². The van der Waals surface area contributed by atoms with Crippen molar-refractivity contribution in [1.82, 2.24) is 25.3 Å². The second kappa shape index (κ2) is 12.1. The number of likely N-dealkylation sites (tertiary alicyclic amines) is 1. The summed E-state index contributed by atoms with van der Waals surface area (Å²) in [4.78, 5) is 67.1. The van der Waals surface area contributed by atoms with E-state index in [-0.39, 0.29) is 30.9 Å². The van der Waals surface area contributed by atoms with Crippen molar-refractivity contribution >= 4 is 35.4 Å². The van der Waals surface area contributed by atoms with E-state index in [0.717, 1.165) is 6.07 Å². The smallest absolute Gasteiger partial charge is 0.410 e. The number of rotatable bonds is 9. The van der Waals surface area contributed by atoms with Gasteiger partial charge in [-0.25, -0.2) is 13.6 Å². The van der Waals surface area contributed by atoms with E-state index >= 15 is 0 Å². The van der Waals surface area contributed by atoms with Crippen molar-refractivity contribution < 1.29 is 37.5 Å². The summed E-state index contributed by atoms with van der Waals surface area (Å²) in [5.41, 5.74) is -1.68. The minimum absolute atomic E-state index is 0.0261. The molecule has 3 fully saturated rings. The zero-order valence-electron chi connectivity index (χ0n) is 22.5. The topological polar surface area (TPSA) is 140 Å². The lowest BCUT2D eigenvalue weighted by molar-refractivity contribution is -0.140. The maximum absolute atomic E-state index is 14.9. The van der Waals surface area contributed by atoms with Crippen molar-refractivity contribution in [2.24, 2.45) is 0 Å². The first-order valence-electron chi connectivity index (χ1n) is 13.2. The average Bonchev–Trinajstić information content (AvgIpc) is 3.66. The molecule has 3 aliphatic rings. The first kappa shape index (κ1) is 29.2. The predicted octanol–water partition coefficient (Wildman–Crippen LogP) is 0.0245. The number of likely N-dealkylation sites (N-methyl/N-ethyl adjacent to an activating group) is 1. The van der Waals surface area contributed by atoms with Crippen LogP contribution in [0.5, 0.6) is 0 Å². The summed E-state index contributed by atoms with van der Waals surface area (Å²) in [6, 6.07) is 2.19. The molecule has 0 radical (unpaired) electrons. The molecule has 40 heavy (non-hydrogen) atoms. The van der Waals surface area contributed by atoms with E-state index in [9.17, 15) is 32.8 Å². The third-order valence-corrected chi connectivity index (χ3v) is 7.41. The van der Waals surface area contributed by atoms with Crippen LogP contribution in [0.2, 0.25) is 0 Å². The monoisotopic (exact) mass is 564 g/mol. The maximum Gasteiger partial charge on any atom is 0.410 e. The fraction of sp³-hybridized carbons (Fsp3) is 0.577. The number of hydrogen-bond acceptors (Lipinski definition) is 7. The summed E-state index contributed by atoms with van der Waals surface area (Å²) in [6.45, 7) is 2.13. The number of carbonyl (C=O) groups excluding carboxylic acids is 5. The van der Waals surface area contributed by atoms with Crippen LogP contribution in [0.3, 0.4) is 0 Å². The molecule has 2 aliphatic heterocycles. The van der Waals surface area contributed by atoms with Gasteiger partial charge in [-0.3, -0.25) is 24.1 Å². The van der Waals surface area contributed by atoms with Crippen LogP contribution < -0.4 is 16.0 Å². The maximum atomic E-state index is 14.9. The van der Waals surface area contributed by atoms with E-state index in [2.05, 4.69) is 20.9 Å². The molecule has 0 spiro atoms. The molecule has 2 unspecified atom stereocenters. The first-order chi connectivity index (χ1) is 19.0. The van der Waals surface area contributed by atoms with Crippen LogP contribution in [0.1, 0.15) is 24.8 Å². The van der Waals surface area contributed by atoms with Crippen LogP contribution in [0.25, 0.3) is 0 Å². The summed E-state index contributed by atoms with van der Waals surface area (Å²) in [5, 5.41) is 7.26.